The maximum atomic E-state index is 10.7. The summed E-state index contributed by atoms with van der Waals surface area (Å²) in [5.74, 6) is 0. The summed E-state index contributed by atoms with van der Waals surface area (Å²) in [5.41, 5.74) is 1.27. The molecule has 0 atom stereocenters. The zero-order valence-electron chi connectivity index (χ0n) is 12.1. The van der Waals surface area contributed by atoms with Crippen LogP contribution >= 0.6 is 15.9 Å². The highest BCUT2D eigenvalue weighted by atomic mass is 79.9. The SMILES string of the molecule is O=C(O)NC1CCN(Cc2ccc3cncc(Br)c3c2)CC1. The van der Waals surface area contributed by atoms with Gasteiger partial charge in [0.25, 0.3) is 0 Å². The average molecular weight is 364 g/mol. The lowest BCUT2D eigenvalue weighted by molar-refractivity contribution is 0.165. The molecule has 0 spiro atoms. The minimum Gasteiger partial charge on any atom is -0.465 e. The summed E-state index contributed by atoms with van der Waals surface area (Å²) in [4.78, 5) is 17.2. The third kappa shape index (κ3) is 3.56. The summed E-state index contributed by atoms with van der Waals surface area (Å²) >= 11 is 3.55. The molecule has 0 aliphatic carbocycles. The van der Waals surface area contributed by atoms with Gasteiger partial charge < -0.3 is 10.4 Å². The first-order chi connectivity index (χ1) is 10.6. The van der Waals surface area contributed by atoms with Gasteiger partial charge in [-0.15, -0.1) is 0 Å². The van der Waals surface area contributed by atoms with Gasteiger partial charge in [-0.1, -0.05) is 12.1 Å². The lowest BCUT2D eigenvalue weighted by Gasteiger charge is -2.31. The number of amides is 1. The van der Waals surface area contributed by atoms with Gasteiger partial charge in [0.2, 0.25) is 0 Å². The molecule has 116 valence electrons. The Balaban J connectivity index is 1.64. The van der Waals surface area contributed by atoms with Crippen molar-refractivity contribution in [2.24, 2.45) is 0 Å². The number of likely N-dealkylation sites (tertiary alicyclic amines) is 1. The van der Waals surface area contributed by atoms with Gasteiger partial charge >= 0.3 is 6.09 Å². The van der Waals surface area contributed by atoms with Crippen molar-refractivity contribution in [3.8, 4) is 0 Å². The third-order valence-corrected chi connectivity index (χ3v) is 4.73. The molecule has 1 aliphatic rings. The largest absolute Gasteiger partial charge is 0.465 e. The summed E-state index contributed by atoms with van der Waals surface area (Å²) < 4.78 is 1.01. The van der Waals surface area contributed by atoms with E-state index in [4.69, 9.17) is 5.11 Å². The van der Waals surface area contributed by atoms with Crippen LogP contribution in [0.2, 0.25) is 0 Å². The van der Waals surface area contributed by atoms with Crippen molar-refractivity contribution in [3.63, 3.8) is 0 Å². The molecule has 1 saturated heterocycles. The predicted octanol–water partition coefficient (Wildman–Crippen LogP) is 3.23. The maximum Gasteiger partial charge on any atom is 0.404 e. The molecule has 3 rings (SSSR count). The highest BCUT2D eigenvalue weighted by molar-refractivity contribution is 9.10. The molecule has 2 heterocycles. The van der Waals surface area contributed by atoms with Gasteiger partial charge in [-0.25, -0.2) is 4.79 Å². The van der Waals surface area contributed by atoms with E-state index < -0.39 is 6.09 Å². The van der Waals surface area contributed by atoms with Gasteiger partial charge in [0.1, 0.15) is 0 Å². The first-order valence-corrected chi connectivity index (χ1v) is 8.15. The minimum absolute atomic E-state index is 0.0885. The molecule has 22 heavy (non-hydrogen) atoms. The van der Waals surface area contributed by atoms with Crippen molar-refractivity contribution in [1.82, 2.24) is 15.2 Å². The number of nitrogens with zero attached hydrogens (tertiary/aromatic N) is 2. The van der Waals surface area contributed by atoms with E-state index in [2.05, 4.69) is 49.3 Å². The van der Waals surface area contributed by atoms with Crippen LogP contribution in [-0.4, -0.2) is 40.2 Å². The molecule has 1 aliphatic heterocycles. The van der Waals surface area contributed by atoms with E-state index in [0.717, 1.165) is 42.3 Å². The number of carbonyl (C=O) groups is 1. The zero-order chi connectivity index (χ0) is 15.5. The van der Waals surface area contributed by atoms with Crippen molar-refractivity contribution >= 4 is 32.8 Å². The number of hydrogen-bond acceptors (Lipinski definition) is 3. The van der Waals surface area contributed by atoms with Crippen LogP contribution in [0.25, 0.3) is 10.8 Å². The molecular weight excluding hydrogens is 346 g/mol. The van der Waals surface area contributed by atoms with Crippen LogP contribution in [0.15, 0.2) is 35.1 Å². The number of aromatic nitrogens is 1. The normalized spacial score (nSPS) is 16.8. The Morgan fingerprint density at radius 2 is 2.14 bits per heavy atom. The number of piperidine rings is 1. The summed E-state index contributed by atoms with van der Waals surface area (Å²) in [7, 11) is 0. The topological polar surface area (TPSA) is 65.5 Å². The number of pyridine rings is 1. The summed E-state index contributed by atoms with van der Waals surface area (Å²) in [6.45, 7) is 2.73. The second-order valence-corrected chi connectivity index (χ2v) is 6.53. The standard InChI is InChI=1S/C16H18BrN3O2/c17-15-9-18-8-12-2-1-11(7-14(12)15)10-20-5-3-13(4-6-20)19-16(21)22/h1-2,7-9,13,19H,3-6,10H2,(H,21,22). The molecule has 2 aromatic rings. The summed E-state index contributed by atoms with van der Waals surface area (Å²) in [6, 6.07) is 6.52. The highest BCUT2D eigenvalue weighted by Crippen LogP contribution is 2.24. The van der Waals surface area contributed by atoms with Crippen molar-refractivity contribution in [2.75, 3.05) is 13.1 Å². The number of rotatable bonds is 3. The number of fused-ring (bicyclic) bond motifs is 1. The fraction of sp³-hybridized carbons (Fsp3) is 0.375. The average Bonchev–Trinajstić information content (AvgIpc) is 2.50. The smallest absolute Gasteiger partial charge is 0.404 e. The van der Waals surface area contributed by atoms with E-state index >= 15 is 0 Å². The van der Waals surface area contributed by atoms with E-state index in [1.54, 1.807) is 0 Å². The number of nitrogens with one attached hydrogen (secondary N) is 1. The van der Waals surface area contributed by atoms with Gasteiger partial charge in [-0.3, -0.25) is 9.88 Å². The van der Waals surface area contributed by atoms with Crippen LogP contribution in [0.5, 0.6) is 0 Å². The number of carboxylic acid groups (broad SMARTS) is 1. The van der Waals surface area contributed by atoms with Crippen LogP contribution in [0.4, 0.5) is 4.79 Å². The predicted molar refractivity (Wildman–Crippen MR) is 88.9 cm³/mol. The molecule has 0 bridgehead atoms. The molecule has 0 saturated carbocycles. The van der Waals surface area contributed by atoms with Crippen LogP contribution in [0.3, 0.4) is 0 Å². The molecular formula is C16H18BrN3O2. The number of hydrogen-bond donors (Lipinski definition) is 2. The second kappa shape index (κ2) is 6.62. The molecule has 6 heteroatoms. The molecule has 1 amide bonds. The van der Waals surface area contributed by atoms with Crippen molar-refractivity contribution < 1.29 is 9.90 Å². The number of benzene rings is 1. The summed E-state index contributed by atoms with van der Waals surface area (Å²) in [5, 5.41) is 13.6. The fourth-order valence-corrected chi connectivity index (χ4v) is 3.40. The summed E-state index contributed by atoms with van der Waals surface area (Å²) in [6.07, 6.45) is 4.50. The molecule has 1 aromatic carbocycles. The second-order valence-electron chi connectivity index (χ2n) is 5.68. The molecule has 1 fully saturated rings. The van der Waals surface area contributed by atoms with Crippen LogP contribution in [-0.2, 0) is 6.54 Å². The van der Waals surface area contributed by atoms with E-state index in [1.807, 2.05) is 12.4 Å². The van der Waals surface area contributed by atoms with Crippen molar-refractivity contribution in [3.05, 3.63) is 40.6 Å². The first-order valence-electron chi connectivity index (χ1n) is 7.36. The lowest BCUT2D eigenvalue weighted by Crippen LogP contribution is -2.43. The van der Waals surface area contributed by atoms with Gasteiger partial charge in [0, 0.05) is 47.9 Å². The molecule has 5 nitrogen and oxygen atoms in total. The Kier molecular flexibility index (Phi) is 4.59. The minimum atomic E-state index is -0.925. The zero-order valence-corrected chi connectivity index (χ0v) is 13.7. The fourth-order valence-electron chi connectivity index (χ4n) is 2.94. The Morgan fingerprint density at radius 3 is 2.86 bits per heavy atom. The monoisotopic (exact) mass is 363 g/mol. The van der Waals surface area contributed by atoms with Crippen LogP contribution in [0.1, 0.15) is 18.4 Å². The van der Waals surface area contributed by atoms with E-state index in [1.165, 1.54) is 10.9 Å². The van der Waals surface area contributed by atoms with Gasteiger partial charge in [-0.2, -0.15) is 0 Å². The van der Waals surface area contributed by atoms with Crippen LogP contribution in [0, 0.1) is 0 Å². The van der Waals surface area contributed by atoms with Gasteiger partial charge in [-0.05, 0) is 45.8 Å². The Bertz CT molecular complexity index is 684. The third-order valence-electron chi connectivity index (χ3n) is 4.10. The maximum absolute atomic E-state index is 10.7. The van der Waals surface area contributed by atoms with Crippen molar-refractivity contribution in [1.29, 1.82) is 0 Å². The first kappa shape index (κ1) is 15.2. The molecule has 0 radical (unpaired) electrons. The molecule has 0 unspecified atom stereocenters. The molecule has 2 N–H and O–H groups in total. The highest BCUT2D eigenvalue weighted by Gasteiger charge is 2.20. The van der Waals surface area contributed by atoms with E-state index in [-0.39, 0.29) is 6.04 Å². The lowest BCUT2D eigenvalue weighted by atomic mass is 10.0. The Labute approximate surface area is 137 Å². The van der Waals surface area contributed by atoms with Crippen LogP contribution < -0.4 is 5.32 Å². The molecule has 1 aromatic heterocycles. The Hall–Kier alpha value is -1.66. The van der Waals surface area contributed by atoms with E-state index in [0.29, 0.717) is 0 Å². The number of halogens is 1. The van der Waals surface area contributed by atoms with Crippen molar-refractivity contribution in [2.45, 2.75) is 25.4 Å². The quantitative estimate of drug-likeness (QED) is 0.878. The Morgan fingerprint density at radius 1 is 1.36 bits per heavy atom. The van der Waals surface area contributed by atoms with Gasteiger partial charge in [0.05, 0.1) is 0 Å². The van der Waals surface area contributed by atoms with Gasteiger partial charge in [0.15, 0.2) is 0 Å². The van der Waals surface area contributed by atoms with E-state index in [9.17, 15) is 4.79 Å².